The molecule has 0 bridgehead atoms. The predicted octanol–water partition coefficient (Wildman–Crippen LogP) is 4.48. The minimum atomic E-state index is -0.0237. The molecule has 0 spiro atoms. The summed E-state index contributed by atoms with van der Waals surface area (Å²) in [5.74, 6) is 0.531. The fourth-order valence-corrected chi connectivity index (χ4v) is 3.96. The molecular formula is C26H44O7. The van der Waals surface area contributed by atoms with E-state index in [1.165, 1.54) is 11.1 Å². The van der Waals surface area contributed by atoms with Gasteiger partial charge in [-0.3, -0.25) is 4.79 Å². The molecule has 1 rings (SSSR count). The zero-order valence-electron chi connectivity index (χ0n) is 21.4. The van der Waals surface area contributed by atoms with Gasteiger partial charge in [-0.1, -0.05) is 31.6 Å². The van der Waals surface area contributed by atoms with Gasteiger partial charge in [0.1, 0.15) is 13.6 Å². The van der Waals surface area contributed by atoms with Crippen LogP contribution in [0.25, 0.3) is 0 Å². The Balaban J connectivity index is 2.73. The second kappa shape index (κ2) is 17.1. The van der Waals surface area contributed by atoms with E-state index < -0.39 is 0 Å². The van der Waals surface area contributed by atoms with Crippen LogP contribution in [0, 0.1) is 11.3 Å². The lowest BCUT2D eigenvalue weighted by atomic mass is 9.64. The van der Waals surface area contributed by atoms with Crippen molar-refractivity contribution in [2.75, 3.05) is 67.4 Å². The molecule has 1 aliphatic rings. The third-order valence-corrected chi connectivity index (χ3v) is 5.99. The molecular weight excluding hydrogens is 424 g/mol. The van der Waals surface area contributed by atoms with E-state index in [9.17, 15) is 4.79 Å². The Morgan fingerprint density at radius 2 is 1.55 bits per heavy atom. The molecule has 0 saturated heterocycles. The maximum atomic E-state index is 11.5. The number of hydrogen-bond acceptors (Lipinski definition) is 7. The molecule has 0 radical (unpaired) electrons. The second-order valence-electron chi connectivity index (χ2n) is 8.93. The van der Waals surface area contributed by atoms with Crippen LogP contribution in [0.2, 0.25) is 0 Å². The lowest BCUT2D eigenvalue weighted by Crippen LogP contribution is -2.30. The van der Waals surface area contributed by atoms with E-state index in [4.69, 9.17) is 28.4 Å². The average Bonchev–Trinajstić information content (AvgIpc) is 2.76. The Kier molecular flexibility index (Phi) is 15.4. The zero-order valence-corrected chi connectivity index (χ0v) is 21.4. The molecule has 0 N–H and O–H groups in total. The van der Waals surface area contributed by atoms with Crippen molar-refractivity contribution in [1.29, 1.82) is 0 Å². The number of ether oxygens (including phenoxy) is 6. The predicted molar refractivity (Wildman–Crippen MR) is 129 cm³/mol. The Labute approximate surface area is 200 Å². The van der Waals surface area contributed by atoms with Gasteiger partial charge in [-0.25, -0.2) is 0 Å². The van der Waals surface area contributed by atoms with Crippen LogP contribution in [-0.4, -0.2) is 73.2 Å². The quantitative estimate of drug-likeness (QED) is 0.127. The molecule has 0 aromatic rings. The van der Waals surface area contributed by atoms with Crippen LogP contribution in [0.1, 0.15) is 47.0 Å². The van der Waals surface area contributed by atoms with E-state index in [1.807, 2.05) is 6.08 Å². The van der Waals surface area contributed by atoms with Gasteiger partial charge in [-0.15, -0.1) is 0 Å². The third-order valence-electron chi connectivity index (χ3n) is 5.99. The number of hydrogen-bond donors (Lipinski definition) is 0. The summed E-state index contributed by atoms with van der Waals surface area (Å²) in [6.07, 6.45) is 8.98. The second-order valence-corrected chi connectivity index (χ2v) is 8.93. The lowest BCUT2D eigenvalue weighted by molar-refractivity contribution is -0.112. The maximum Gasteiger partial charge on any atom is 0.152 e. The van der Waals surface area contributed by atoms with Crippen LogP contribution in [0.5, 0.6) is 0 Å². The average molecular weight is 469 g/mol. The van der Waals surface area contributed by atoms with Crippen molar-refractivity contribution >= 4 is 5.78 Å². The first-order chi connectivity index (χ1) is 15.8. The minimum Gasteiger partial charge on any atom is -0.382 e. The van der Waals surface area contributed by atoms with Gasteiger partial charge in [-0.2, -0.15) is 0 Å². The normalized spacial score (nSPS) is 18.2. The molecule has 1 unspecified atom stereocenters. The van der Waals surface area contributed by atoms with Gasteiger partial charge < -0.3 is 28.4 Å². The van der Waals surface area contributed by atoms with E-state index >= 15 is 0 Å². The Morgan fingerprint density at radius 3 is 2.06 bits per heavy atom. The summed E-state index contributed by atoms with van der Waals surface area (Å²) in [6, 6.07) is 0. The maximum absolute atomic E-state index is 11.5. The van der Waals surface area contributed by atoms with E-state index in [0.717, 1.165) is 24.8 Å². The minimum absolute atomic E-state index is 0.0237. The van der Waals surface area contributed by atoms with Crippen molar-refractivity contribution in [2.45, 2.75) is 47.0 Å². The van der Waals surface area contributed by atoms with E-state index in [1.54, 1.807) is 27.2 Å². The lowest BCUT2D eigenvalue weighted by Gasteiger charge is -2.41. The zero-order chi connectivity index (χ0) is 24.5. The van der Waals surface area contributed by atoms with E-state index in [-0.39, 0.29) is 24.8 Å². The van der Waals surface area contributed by atoms with Crippen molar-refractivity contribution in [3.05, 3.63) is 34.9 Å². The molecule has 0 aromatic heterocycles. The summed E-state index contributed by atoms with van der Waals surface area (Å²) in [4.78, 5) is 11.5. The molecule has 1 atom stereocenters. The SMILES string of the molecule is COCCOCOCC(=CCC1CCC(C)=C(/C=C/C(C)=O)C1(C)C)COCOCCOC. The number of allylic oxidation sites excluding steroid dienone is 5. The largest absolute Gasteiger partial charge is 0.382 e. The highest BCUT2D eigenvalue weighted by Gasteiger charge is 2.35. The van der Waals surface area contributed by atoms with Crippen molar-refractivity contribution in [3.63, 3.8) is 0 Å². The molecule has 7 nitrogen and oxygen atoms in total. The van der Waals surface area contributed by atoms with Crippen LogP contribution in [-0.2, 0) is 33.2 Å². The highest BCUT2D eigenvalue weighted by atomic mass is 16.7. The number of carbonyl (C=O) groups is 1. The molecule has 0 aromatic carbocycles. The monoisotopic (exact) mass is 468 g/mol. The first-order valence-corrected chi connectivity index (χ1v) is 11.7. The van der Waals surface area contributed by atoms with Crippen LogP contribution < -0.4 is 0 Å². The third kappa shape index (κ3) is 12.1. The molecule has 0 heterocycles. The summed E-state index contributed by atoms with van der Waals surface area (Å²) in [5, 5.41) is 0. The molecule has 0 fully saturated rings. The summed E-state index contributed by atoms with van der Waals surface area (Å²) in [5.41, 5.74) is 3.67. The first kappa shape index (κ1) is 29.7. The van der Waals surface area contributed by atoms with Gasteiger partial charge in [0.2, 0.25) is 0 Å². The van der Waals surface area contributed by atoms with Gasteiger partial charge in [-0.05, 0) is 61.7 Å². The fourth-order valence-electron chi connectivity index (χ4n) is 3.96. The van der Waals surface area contributed by atoms with Gasteiger partial charge >= 0.3 is 0 Å². The van der Waals surface area contributed by atoms with E-state index in [0.29, 0.717) is 45.6 Å². The van der Waals surface area contributed by atoms with Gasteiger partial charge in [0.25, 0.3) is 0 Å². The molecule has 190 valence electrons. The highest BCUT2D eigenvalue weighted by molar-refractivity contribution is 5.87. The van der Waals surface area contributed by atoms with Crippen molar-refractivity contribution < 1.29 is 33.2 Å². The van der Waals surface area contributed by atoms with Crippen molar-refractivity contribution in [3.8, 4) is 0 Å². The number of ketones is 1. The van der Waals surface area contributed by atoms with Crippen molar-refractivity contribution in [1.82, 2.24) is 0 Å². The molecule has 0 saturated carbocycles. The number of methoxy groups -OCH3 is 2. The topological polar surface area (TPSA) is 72.5 Å². The Morgan fingerprint density at radius 1 is 0.970 bits per heavy atom. The smallest absolute Gasteiger partial charge is 0.152 e. The highest BCUT2D eigenvalue weighted by Crippen LogP contribution is 2.47. The summed E-state index contributed by atoms with van der Waals surface area (Å²) < 4.78 is 32.1. The number of rotatable bonds is 18. The molecule has 7 heteroatoms. The van der Waals surface area contributed by atoms with Crippen molar-refractivity contribution in [2.24, 2.45) is 11.3 Å². The summed E-state index contributed by atoms with van der Waals surface area (Å²) >= 11 is 0. The summed E-state index contributed by atoms with van der Waals surface area (Å²) in [6.45, 7) is 11.7. The Bertz CT molecular complexity index is 631. The fraction of sp³-hybridized carbons (Fsp3) is 0.731. The summed E-state index contributed by atoms with van der Waals surface area (Å²) in [7, 11) is 3.28. The Hall–Kier alpha value is -1.35. The first-order valence-electron chi connectivity index (χ1n) is 11.7. The molecule has 0 amide bonds. The van der Waals surface area contributed by atoms with E-state index in [2.05, 4.69) is 26.8 Å². The van der Waals surface area contributed by atoms with Crippen LogP contribution >= 0.6 is 0 Å². The van der Waals surface area contributed by atoms with Gasteiger partial charge in [0.05, 0.1) is 39.6 Å². The van der Waals surface area contributed by atoms with Crippen LogP contribution in [0.3, 0.4) is 0 Å². The standard InChI is InChI=1S/C26H44O7/c1-21-7-10-24(26(3,4)25(21)12-8-22(2)27)11-9-23(17-32-19-30-15-13-28-5)18-33-20-31-16-14-29-6/h8-9,12,24H,7,10-11,13-20H2,1-6H3/b12-8+. The molecule has 1 aliphatic carbocycles. The van der Waals surface area contributed by atoms with Crippen LogP contribution in [0.4, 0.5) is 0 Å². The van der Waals surface area contributed by atoms with Crippen LogP contribution in [0.15, 0.2) is 34.9 Å². The molecule has 33 heavy (non-hydrogen) atoms. The van der Waals surface area contributed by atoms with Gasteiger partial charge in [0.15, 0.2) is 5.78 Å². The van der Waals surface area contributed by atoms with Gasteiger partial charge in [0, 0.05) is 14.2 Å². The molecule has 0 aliphatic heterocycles. The number of carbonyl (C=O) groups excluding carboxylic acids is 1.